The summed E-state index contributed by atoms with van der Waals surface area (Å²) in [4.78, 5) is 17.4. The number of nitrogen functional groups attached to an aromatic ring is 1. The summed E-state index contributed by atoms with van der Waals surface area (Å²) in [6.45, 7) is 8.45. The van der Waals surface area contributed by atoms with Crippen LogP contribution in [0.15, 0.2) is 17.1 Å². The number of rotatable bonds is 4. The number of carbonyl (C=O) groups is 1. The summed E-state index contributed by atoms with van der Waals surface area (Å²) in [6, 6.07) is 3.79. The maximum absolute atomic E-state index is 12.7. The van der Waals surface area contributed by atoms with Crippen LogP contribution in [0.5, 0.6) is 0 Å². The fourth-order valence-electron chi connectivity index (χ4n) is 3.06. The van der Waals surface area contributed by atoms with Gasteiger partial charge < -0.3 is 16.1 Å². The third-order valence-corrected chi connectivity index (χ3v) is 5.84. The van der Waals surface area contributed by atoms with Crippen molar-refractivity contribution in [2.45, 2.75) is 32.2 Å². The Morgan fingerprint density at radius 2 is 2.17 bits per heavy atom. The molecule has 2 aromatic rings. The molecule has 0 radical (unpaired) electrons. The van der Waals surface area contributed by atoms with E-state index in [0.717, 1.165) is 28.6 Å². The molecule has 0 unspecified atom stereocenters. The third-order valence-electron chi connectivity index (χ3n) is 4.69. The van der Waals surface area contributed by atoms with Gasteiger partial charge in [0.1, 0.15) is 4.88 Å². The highest BCUT2D eigenvalue weighted by Crippen LogP contribution is 2.45. The fraction of sp³-hybridized carbons (Fsp3) is 0.375. The first kappa shape index (κ1) is 15.8. The van der Waals surface area contributed by atoms with E-state index in [4.69, 9.17) is 5.84 Å². The van der Waals surface area contributed by atoms with Crippen LogP contribution in [0.2, 0.25) is 0 Å². The van der Waals surface area contributed by atoms with Gasteiger partial charge in [0, 0.05) is 16.6 Å². The van der Waals surface area contributed by atoms with Crippen LogP contribution in [-0.4, -0.2) is 24.7 Å². The van der Waals surface area contributed by atoms with Gasteiger partial charge in [0.15, 0.2) is 0 Å². The van der Waals surface area contributed by atoms with E-state index < -0.39 is 0 Å². The van der Waals surface area contributed by atoms with E-state index in [1.165, 1.54) is 11.3 Å². The van der Waals surface area contributed by atoms with E-state index in [1.54, 1.807) is 0 Å². The van der Waals surface area contributed by atoms with Gasteiger partial charge in [-0.1, -0.05) is 13.8 Å². The summed E-state index contributed by atoms with van der Waals surface area (Å²) in [5, 5.41) is 7.56. The van der Waals surface area contributed by atoms with Gasteiger partial charge >= 0.3 is 0 Å². The summed E-state index contributed by atoms with van der Waals surface area (Å²) in [5.41, 5.74) is 4.67. The highest BCUT2D eigenvalue weighted by molar-refractivity contribution is 7.21. The predicted octanol–water partition coefficient (Wildman–Crippen LogP) is 3.23. The first-order chi connectivity index (χ1) is 11.1. The van der Waals surface area contributed by atoms with Crippen LogP contribution in [0.25, 0.3) is 10.1 Å². The van der Waals surface area contributed by atoms with Crippen LogP contribution in [0.1, 0.15) is 36.4 Å². The molecule has 1 aliphatic heterocycles. The van der Waals surface area contributed by atoms with Crippen LogP contribution >= 0.6 is 11.3 Å². The molecule has 1 amide bonds. The van der Waals surface area contributed by atoms with E-state index >= 15 is 0 Å². The van der Waals surface area contributed by atoms with Gasteiger partial charge in [0.25, 0.3) is 5.91 Å². The molecule has 3 rings (SSSR count). The lowest BCUT2D eigenvalue weighted by molar-refractivity contribution is 0.0907. The molecule has 6 nitrogen and oxygen atoms in total. The molecule has 0 saturated carbocycles. The van der Waals surface area contributed by atoms with Gasteiger partial charge in [0.2, 0.25) is 0 Å². The maximum atomic E-state index is 12.7. The number of benzene rings is 1. The molecule has 2 heterocycles. The lowest BCUT2D eigenvalue weighted by Crippen LogP contribution is -2.50. The summed E-state index contributed by atoms with van der Waals surface area (Å²) in [5.74, 6) is 5.67. The maximum Gasteiger partial charge on any atom is 0.264 e. The van der Waals surface area contributed by atoms with Crippen LogP contribution < -0.4 is 21.9 Å². The molecule has 7 heteroatoms. The van der Waals surface area contributed by atoms with Crippen molar-refractivity contribution >= 4 is 51.1 Å². The standard InChI is InChI=1S/C16H21N5OS/c1-4-16(5-2)8-19-13-11-10(23-14(13)15(22)20-16)7-6-9(18-3)12(11)21-17/h6-7,19,21H,3-5,8,17H2,1-2H3,(H,20,22). The molecule has 5 N–H and O–H groups in total. The number of amides is 1. The van der Waals surface area contributed by atoms with Gasteiger partial charge in [-0.3, -0.25) is 15.6 Å². The highest BCUT2D eigenvalue weighted by Gasteiger charge is 2.34. The number of aliphatic imine (C=N–C) groups is 1. The molecule has 0 aliphatic carbocycles. The van der Waals surface area contributed by atoms with E-state index in [-0.39, 0.29) is 11.4 Å². The van der Waals surface area contributed by atoms with Crippen molar-refractivity contribution < 1.29 is 4.79 Å². The fourth-order valence-corrected chi connectivity index (χ4v) is 4.15. The van der Waals surface area contributed by atoms with Crippen molar-refractivity contribution in [3.63, 3.8) is 0 Å². The first-order valence-corrected chi connectivity index (χ1v) is 8.50. The number of fused-ring (bicyclic) bond motifs is 3. The minimum absolute atomic E-state index is 0.0361. The first-order valence-electron chi connectivity index (χ1n) is 7.68. The summed E-state index contributed by atoms with van der Waals surface area (Å²) < 4.78 is 0.985. The Morgan fingerprint density at radius 3 is 2.78 bits per heavy atom. The van der Waals surface area contributed by atoms with E-state index in [9.17, 15) is 4.79 Å². The largest absolute Gasteiger partial charge is 0.381 e. The molecular weight excluding hydrogens is 310 g/mol. The molecule has 122 valence electrons. The van der Waals surface area contributed by atoms with E-state index in [0.29, 0.717) is 22.8 Å². The number of nitrogens with one attached hydrogen (secondary N) is 3. The Kier molecular flexibility index (Phi) is 3.99. The van der Waals surface area contributed by atoms with Crippen molar-refractivity contribution in [3.05, 3.63) is 17.0 Å². The normalized spacial score (nSPS) is 16.2. The van der Waals surface area contributed by atoms with Crippen molar-refractivity contribution in [1.29, 1.82) is 0 Å². The van der Waals surface area contributed by atoms with Crippen molar-refractivity contribution in [2.75, 3.05) is 17.3 Å². The number of hydrogen-bond acceptors (Lipinski definition) is 6. The minimum atomic E-state index is -0.229. The molecule has 0 spiro atoms. The average Bonchev–Trinajstić information content (AvgIpc) is 2.89. The lowest BCUT2D eigenvalue weighted by Gasteiger charge is -2.31. The zero-order chi connectivity index (χ0) is 16.6. The number of nitrogens with zero attached hydrogens (tertiary/aromatic N) is 1. The Labute approximate surface area is 139 Å². The quantitative estimate of drug-likeness (QED) is 0.393. The number of carbonyl (C=O) groups excluding carboxylic acids is 1. The zero-order valence-electron chi connectivity index (χ0n) is 13.3. The number of nitrogens with two attached hydrogens (primary N) is 1. The molecule has 0 saturated heterocycles. The predicted molar refractivity (Wildman–Crippen MR) is 98.1 cm³/mol. The Balaban J connectivity index is 2.21. The van der Waals surface area contributed by atoms with Crippen LogP contribution in [0, 0.1) is 0 Å². The van der Waals surface area contributed by atoms with Crippen molar-refractivity contribution in [3.8, 4) is 0 Å². The summed E-state index contributed by atoms with van der Waals surface area (Å²) in [7, 11) is 0. The van der Waals surface area contributed by atoms with E-state index in [1.807, 2.05) is 12.1 Å². The molecule has 23 heavy (non-hydrogen) atoms. The van der Waals surface area contributed by atoms with Gasteiger partial charge in [-0.2, -0.15) is 0 Å². The van der Waals surface area contributed by atoms with Crippen LogP contribution in [0.4, 0.5) is 17.1 Å². The van der Waals surface area contributed by atoms with Crippen molar-refractivity contribution in [2.24, 2.45) is 10.8 Å². The molecule has 0 fully saturated rings. The number of hydrazine groups is 1. The van der Waals surface area contributed by atoms with Crippen LogP contribution in [-0.2, 0) is 0 Å². The number of anilines is 2. The lowest BCUT2D eigenvalue weighted by atomic mass is 9.93. The topological polar surface area (TPSA) is 91.5 Å². The Bertz CT molecular complexity index is 778. The number of thiophene rings is 1. The SMILES string of the molecule is C=Nc1ccc2sc3c(c2c1NN)NCC(CC)(CC)NC3=O. The zero-order valence-corrected chi connectivity index (χ0v) is 14.1. The van der Waals surface area contributed by atoms with Gasteiger partial charge in [-0.15, -0.1) is 11.3 Å². The molecule has 1 aliphatic rings. The molecule has 0 bridgehead atoms. The monoisotopic (exact) mass is 331 g/mol. The van der Waals surface area contributed by atoms with Gasteiger partial charge in [0.05, 0.1) is 22.6 Å². The average molecular weight is 331 g/mol. The molecular formula is C16H21N5OS. The van der Waals surface area contributed by atoms with Crippen molar-refractivity contribution in [1.82, 2.24) is 5.32 Å². The second-order valence-corrected chi connectivity index (χ2v) is 6.79. The Hall–Kier alpha value is -2.12. The van der Waals surface area contributed by atoms with Gasteiger partial charge in [-0.25, -0.2) is 0 Å². The number of hydrogen-bond donors (Lipinski definition) is 4. The van der Waals surface area contributed by atoms with Gasteiger partial charge in [-0.05, 0) is 31.7 Å². The molecule has 1 aromatic heterocycles. The summed E-state index contributed by atoms with van der Waals surface area (Å²) >= 11 is 1.46. The smallest absolute Gasteiger partial charge is 0.264 e. The molecule has 0 atom stereocenters. The highest BCUT2D eigenvalue weighted by atomic mass is 32.1. The van der Waals surface area contributed by atoms with Crippen LogP contribution in [0.3, 0.4) is 0 Å². The molecule has 1 aromatic carbocycles. The Morgan fingerprint density at radius 1 is 1.43 bits per heavy atom. The van der Waals surface area contributed by atoms with E-state index in [2.05, 4.69) is 41.6 Å². The second kappa shape index (κ2) is 5.82. The third kappa shape index (κ3) is 2.36. The second-order valence-electron chi connectivity index (χ2n) is 5.74. The minimum Gasteiger partial charge on any atom is -0.381 e. The summed E-state index contributed by atoms with van der Waals surface area (Å²) in [6.07, 6.45) is 1.74.